The fraction of sp³-hybridized carbons (Fsp3) is 0.609. The van der Waals surface area contributed by atoms with Crippen LogP contribution in [0.2, 0.25) is 0 Å². The maximum absolute atomic E-state index is 13.7. The number of fused-ring (bicyclic) bond motifs is 2. The minimum atomic E-state index is -2.60. The first-order chi connectivity index (χ1) is 15.9. The fourth-order valence-electron chi connectivity index (χ4n) is 5.32. The lowest BCUT2D eigenvalue weighted by Crippen LogP contribution is -2.38. The third-order valence-corrected chi connectivity index (χ3v) is 7.20. The van der Waals surface area contributed by atoms with Gasteiger partial charge in [0.1, 0.15) is 0 Å². The lowest BCUT2D eigenvalue weighted by atomic mass is 9.81. The number of aliphatic hydroxyl groups excluding tert-OH is 1. The van der Waals surface area contributed by atoms with Gasteiger partial charge in [0.05, 0.1) is 31.1 Å². The van der Waals surface area contributed by atoms with Gasteiger partial charge >= 0.3 is 6.09 Å². The molecule has 1 saturated carbocycles. The van der Waals surface area contributed by atoms with E-state index in [9.17, 15) is 18.7 Å². The van der Waals surface area contributed by atoms with E-state index in [0.29, 0.717) is 43.3 Å². The number of aliphatic hydroxyl groups is 1. The van der Waals surface area contributed by atoms with E-state index in [1.807, 2.05) is 4.90 Å². The summed E-state index contributed by atoms with van der Waals surface area (Å²) in [5, 5.41) is 14.4. The molecule has 2 aliphatic heterocycles. The number of ether oxygens (including phenoxy) is 1. The number of anilines is 2. The van der Waals surface area contributed by atoms with Crippen molar-refractivity contribution in [3.8, 4) is 0 Å². The zero-order chi connectivity index (χ0) is 23.3. The highest BCUT2D eigenvalue weighted by Crippen LogP contribution is 2.43. The third-order valence-electron chi connectivity index (χ3n) is 7.20. The van der Waals surface area contributed by atoms with Crippen molar-refractivity contribution in [3.05, 3.63) is 34.3 Å². The maximum Gasteiger partial charge on any atom is 0.409 e. The van der Waals surface area contributed by atoms with E-state index in [1.165, 1.54) is 7.11 Å². The van der Waals surface area contributed by atoms with Crippen LogP contribution in [-0.4, -0.2) is 57.7 Å². The summed E-state index contributed by atoms with van der Waals surface area (Å²) in [6, 6.07) is 1.75. The molecule has 1 fully saturated rings. The number of nitrogens with zero attached hydrogens (tertiary/aromatic N) is 5. The second-order valence-corrected chi connectivity index (χ2v) is 9.19. The number of aromatic nitrogens is 3. The molecular weight excluding hydrogens is 432 g/mol. The lowest BCUT2D eigenvalue weighted by molar-refractivity contribution is 0.101. The Labute approximate surface area is 191 Å². The Balaban J connectivity index is 1.58. The van der Waals surface area contributed by atoms with E-state index >= 15 is 0 Å². The molecule has 2 aromatic rings. The molecular formula is C23H29F2N5O3. The van der Waals surface area contributed by atoms with Crippen molar-refractivity contribution in [1.82, 2.24) is 19.7 Å². The van der Waals surface area contributed by atoms with Crippen LogP contribution in [-0.2, 0) is 24.1 Å². The first kappa shape index (κ1) is 22.1. The molecule has 178 valence electrons. The van der Waals surface area contributed by atoms with Gasteiger partial charge in [-0.15, -0.1) is 0 Å². The van der Waals surface area contributed by atoms with Crippen molar-refractivity contribution in [2.45, 2.75) is 58.0 Å². The Morgan fingerprint density at radius 1 is 1.30 bits per heavy atom. The van der Waals surface area contributed by atoms with Gasteiger partial charge in [0.15, 0.2) is 5.82 Å². The van der Waals surface area contributed by atoms with Gasteiger partial charge in [-0.1, -0.05) is 0 Å². The van der Waals surface area contributed by atoms with Crippen LogP contribution in [0.25, 0.3) is 0 Å². The van der Waals surface area contributed by atoms with E-state index in [1.54, 1.807) is 17.9 Å². The summed E-state index contributed by atoms with van der Waals surface area (Å²) in [5.74, 6) is 0.989. The molecule has 2 aromatic heterocycles. The topological polar surface area (TPSA) is 83.7 Å². The number of rotatable bonds is 4. The summed E-state index contributed by atoms with van der Waals surface area (Å²) in [6.45, 7) is 3.34. The van der Waals surface area contributed by atoms with Gasteiger partial charge in [-0.2, -0.15) is 5.10 Å². The molecule has 3 aliphatic rings. The molecule has 0 atom stereocenters. The molecule has 0 spiro atoms. The predicted molar refractivity (Wildman–Crippen MR) is 117 cm³/mol. The van der Waals surface area contributed by atoms with Crippen molar-refractivity contribution >= 4 is 17.6 Å². The normalized spacial score (nSPS) is 22.1. The van der Waals surface area contributed by atoms with Crippen LogP contribution in [0.5, 0.6) is 0 Å². The van der Waals surface area contributed by atoms with Crippen LogP contribution in [0.4, 0.5) is 25.1 Å². The molecule has 1 aliphatic carbocycles. The van der Waals surface area contributed by atoms with Gasteiger partial charge < -0.3 is 19.6 Å². The zero-order valence-electron chi connectivity index (χ0n) is 18.9. The number of hydrogen-bond donors (Lipinski definition) is 1. The highest BCUT2D eigenvalue weighted by molar-refractivity contribution is 5.71. The number of alkyl halides is 2. The van der Waals surface area contributed by atoms with Gasteiger partial charge in [0.25, 0.3) is 6.43 Å². The van der Waals surface area contributed by atoms with E-state index in [2.05, 4.69) is 9.67 Å². The highest BCUT2D eigenvalue weighted by atomic mass is 19.3. The van der Waals surface area contributed by atoms with E-state index in [-0.39, 0.29) is 30.2 Å². The molecule has 0 saturated heterocycles. The van der Waals surface area contributed by atoms with Gasteiger partial charge in [-0.3, -0.25) is 9.67 Å². The molecule has 0 aromatic carbocycles. The summed E-state index contributed by atoms with van der Waals surface area (Å²) in [6.07, 6.45) is 0.945. The zero-order valence-corrected chi connectivity index (χ0v) is 18.9. The number of amides is 1. The molecule has 0 radical (unpaired) electrons. The first-order valence-electron chi connectivity index (χ1n) is 11.5. The summed E-state index contributed by atoms with van der Waals surface area (Å²) in [5.41, 5.74) is 3.79. The second kappa shape index (κ2) is 8.55. The monoisotopic (exact) mass is 461 g/mol. The van der Waals surface area contributed by atoms with Crippen LogP contribution in [0, 0.1) is 12.8 Å². The second-order valence-electron chi connectivity index (χ2n) is 9.19. The number of methoxy groups -OCH3 is 1. The Morgan fingerprint density at radius 2 is 2.09 bits per heavy atom. The Bertz CT molecular complexity index is 1070. The molecule has 10 heteroatoms. The van der Waals surface area contributed by atoms with Crippen LogP contribution in [0.15, 0.2) is 6.07 Å². The van der Waals surface area contributed by atoms with Crippen LogP contribution < -0.4 is 4.90 Å². The fourth-order valence-corrected chi connectivity index (χ4v) is 5.32. The predicted octanol–water partition coefficient (Wildman–Crippen LogP) is 3.68. The Morgan fingerprint density at radius 3 is 2.79 bits per heavy atom. The van der Waals surface area contributed by atoms with Crippen molar-refractivity contribution in [1.29, 1.82) is 0 Å². The molecule has 0 unspecified atom stereocenters. The van der Waals surface area contributed by atoms with Gasteiger partial charge in [-0.05, 0) is 44.6 Å². The molecule has 8 nitrogen and oxygen atoms in total. The summed E-state index contributed by atoms with van der Waals surface area (Å²) in [7, 11) is 1.37. The molecule has 5 rings (SSSR count). The minimum Gasteiger partial charge on any atom is -0.453 e. The number of pyridine rings is 1. The van der Waals surface area contributed by atoms with Crippen molar-refractivity contribution in [3.63, 3.8) is 0 Å². The largest absolute Gasteiger partial charge is 0.453 e. The average Bonchev–Trinajstić information content (AvgIpc) is 3.15. The SMILES string of the molecule is COC(=O)N1CCc2c(c(N3CCCc4nc(C)c(C(F)F)cc43)nn2C2CC(CO)C2)C1. The smallest absolute Gasteiger partial charge is 0.409 e. The summed E-state index contributed by atoms with van der Waals surface area (Å²) >= 11 is 0. The van der Waals surface area contributed by atoms with Gasteiger partial charge in [0.2, 0.25) is 0 Å². The number of halogens is 2. The molecule has 33 heavy (non-hydrogen) atoms. The average molecular weight is 462 g/mol. The van der Waals surface area contributed by atoms with Crippen molar-refractivity contribution in [2.75, 3.05) is 31.7 Å². The Hall–Kier alpha value is -2.75. The number of aryl methyl sites for hydroxylation is 2. The standard InChI is InChI=1S/C23H29F2N5O3/c1-13-16(21(24)25)10-20-18(26-13)4-3-6-29(20)22-17-11-28(23(32)33-2)7-5-19(17)30(27-22)15-8-14(9-15)12-31/h10,14-15,21,31H,3-9,11-12H2,1-2H3. The summed E-state index contributed by atoms with van der Waals surface area (Å²) < 4.78 is 34.3. The molecule has 1 N–H and O–H groups in total. The van der Waals surface area contributed by atoms with E-state index in [4.69, 9.17) is 9.84 Å². The maximum atomic E-state index is 13.7. The third kappa shape index (κ3) is 3.74. The van der Waals surface area contributed by atoms with Crippen molar-refractivity contribution < 1.29 is 23.4 Å². The van der Waals surface area contributed by atoms with Gasteiger partial charge in [-0.25, -0.2) is 13.6 Å². The van der Waals surface area contributed by atoms with Crippen LogP contribution in [0.3, 0.4) is 0 Å². The molecule has 0 bridgehead atoms. The minimum absolute atomic E-state index is 0.0603. The highest BCUT2D eigenvalue weighted by Gasteiger charge is 2.38. The number of hydrogen-bond acceptors (Lipinski definition) is 6. The Kier molecular flexibility index (Phi) is 5.72. The quantitative estimate of drug-likeness (QED) is 0.748. The van der Waals surface area contributed by atoms with E-state index in [0.717, 1.165) is 42.6 Å². The molecule has 1 amide bonds. The first-order valence-corrected chi connectivity index (χ1v) is 11.5. The number of carbonyl (C=O) groups is 1. The lowest BCUT2D eigenvalue weighted by Gasteiger charge is -2.36. The van der Waals surface area contributed by atoms with Crippen molar-refractivity contribution in [2.24, 2.45) is 5.92 Å². The van der Waals surface area contributed by atoms with Gasteiger partial charge in [0, 0.05) is 48.6 Å². The van der Waals surface area contributed by atoms with Crippen LogP contribution >= 0.6 is 0 Å². The van der Waals surface area contributed by atoms with Crippen LogP contribution in [0.1, 0.15) is 59.9 Å². The number of carbonyl (C=O) groups excluding carboxylic acids is 1. The molecule has 4 heterocycles. The van der Waals surface area contributed by atoms with E-state index < -0.39 is 6.43 Å². The summed E-state index contributed by atoms with van der Waals surface area (Å²) in [4.78, 5) is 20.4.